The molecule has 6 nitrogen and oxygen atoms in total. The van der Waals surface area contributed by atoms with Gasteiger partial charge in [0.05, 0.1) is 0 Å². The van der Waals surface area contributed by atoms with Gasteiger partial charge in [0.2, 0.25) is 0 Å². The van der Waals surface area contributed by atoms with Crippen molar-refractivity contribution in [2.45, 2.75) is 90.6 Å². The Kier molecular flexibility index (Phi) is 1.45. The summed E-state index contributed by atoms with van der Waals surface area (Å²) in [6, 6.07) is 0. The third-order valence-electron chi connectivity index (χ3n) is 4.27. The second-order valence-corrected chi connectivity index (χ2v) is 6.26. The third kappa shape index (κ3) is 3.15. The van der Waals surface area contributed by atoms with Crippen LogP contribution in [0.2, 0.25) is 0 Å². The molecule has 2 aliphatic rings. The zero-order chi connectivity index (χ0) is 41.9. The molecule has 28 heavy (non-hydrogen) atoms. The average molecular weight is 412 g/mol. The Hall–Kier alpha value is -1.85. The summed E-state index contributed by atoms with van der Waals surface area (Å²) in [5.41, 5.74) is -9.62. The van der Waals surface area contributed by atoms with Crippen molar-refractivity contribution in [3.8, 4) is 0 Å². The number of nitrogens with one attached hydrogen (secondary N) is 1. The number of imidazole rings is 1. The van der Waals surface area contributed by atoms with Crippen LogP contribution < -0.4 is 11.2 Å². The van der Waals surface area contributed by atoms with Crippen molar-refractivity contribution in [3.63, 3.8) is 0 Å². The summed E-state index contributed by atoms with van der Waals surface area (Å²) in [5.74, 6) is -14.1. The van der Waals surface area contributed by atoms with Crippen LogP contribution in [-0.2, 0) is 18.5 Å². The van der Waals surface area contributed by atoms with Crippen molar-refractivity contribution in [1.29, 1.82) is 0 Å². The average Bonchev–Trinajstić information content (AvgIpc) is 3.41. The van der Waals surface area contributed by atoms with Crippen LogP contribution in [0.4, 0.5) is 0 Å². The summed E-state index contributed by atoms with van der Waals surface area (Å²) in [6.07, 6.45) is -26.3. The number of fused-ring (bicyclic) bond motifs is 3. The van der Waals surface area contributed by atoms with Crippen molar-refractivity contribution in [2.75, 3.05) is 0 Å². The molecule has 2 unspecified atom stereocenters. The van der Waals surface area contributed by atoms with Gasteiger partial charge < -0.3 is 4.98 Å². The van der Waals surface area contributed by atoms with E-state index in [2.05, 4.69) is 9.97 Å². The highest BCUT2D eigenvalue weighted by molar-refractivity contribution is 5.70. The fourth-order valence-electron chi connectivity index (χ4n) is 3.07. The Morgan fingerprint density at radius 2 is 2.07 bits per heavy atom. The first kappa shape index (κ1) is 5.64. The Bertz CT molecular complexity index is 1890. The van der Waals surface area contributed by atoms with Crippen molar-refractivity contribution in [3.05, 3.63) is 26.7 Å². The predicted molar refractivity (Wildman–Crippen MR) is 112 cm³/mol. The van der Waals surface area contributed by atoms with Gasteiger partial charge in [-0.15, -0.1) is 0 Å². The molecule has 0 aliphatic heterocycles. The number of H-pyrrole nitrogens is 1. The van der Waals surface area contributed by atoms with Crippen LogP contribution in [0.1, 0.15) is 112 Å². The lowest BCUT2D eigenvalue weighted by atomic mass is 9.59. The van der Waals surface area contributed by atoms with Crippen LogP contribution in [0, 0.1) is 17.7 Å². The van der Waals surface area contributed by atoms with Gasteiger partial charge in [-0.25, -0.2) is 9.78 Å². The summed E-state index contributed by atoms with van der Waals surface area (Å²) < 4.78 is 210. The minimum atomic E-state index is -4.32. The first-order valence-corrected chi connectivity index (χ1v) is 8.18. The van der Waals surface area contributed by atoms with Crippen LogP contribution in [0.5, 0.6) is 0 Å². The number of hydrogen-bond donors (Lipinski definition) is 1. The molecule has 6 heteroatoms. The molecular weight excluding hydrogens is 352 g/mol. The Labute approximate surface area is 201 Å². The Morgan fingerprint density at radius 1 is 1.29 bits per heavy atom. The monoisotopic (exact) mass is 411 g/mol. The lowest BCUT2D eigenvalue weighted by Gasteiger charge is -2.46. The molecule has 2 atom stereocenters. The minimum absolute atomic E-state index is 0.0379. The quantitative estimate of drug-likeness (QED) is 0.813. The largest absolute Gasteiger partial charge is 0.336 e. The molecule has 1 N–H and O–H groups in total. The van der Waals surface area contributed by atoms with Gasteiger partial charge in [0, 0.05) is 52.7 Å². The van der Waals surface area contributed by atoms with Crippen molar-refractivity contribution in [1.82, 2.24) is 19.1 Å². The highest BCUT2D eigenvalue weighted by Gasteiger charge is 2.43. The second kappa shape index (κ2) is 7.20. The van der Waals surface area contributed by atoms with Crippen LogP contribution in [0.3, 0.4) is 0 Å². The maximum atomic E-state index is 13.8. The van der Waals surface area contributed by atoms with Crippen molar-refractivity contribution >= 4 is 11.2 Å². The SMILES string of the molecule is [2H]C([2H])C1([2H])C([2H])([2H])C2([2H])C([2H])([2H])C(C)(c3nc4c([nH]3)c(=O)n(CCC([2H])([2H])[2H])c(=O)n4C([2H])([2H])C([2H])([2H])C([2H])([2H])[2H])C([2H])([2H])C([2H])(C1([2H])[2H])C2([2H])[2H]. The lowest BCUT2D eigenvalue weighted by Crippen LogP contribution is -2.40. The molecule has 2 aromatic heterocycles. The molecule has 4 rings (SSSR count). The van der Waals surface area contributed by atoms with Crippen LogP contribution in [0.25, 0.3) is 11.2 Å². The molecule has 2 heterocycles. The molecule has 0 saturated heterocycles. The molecule has 2 aromatic rings. The Morgan fingerprint density at radius 3 is 2.75 bits per heavy atom. The fourth-order valence-corrected chi connectivity index (χ4v) is 3.07. The molecule has 0 radical (unpaired) electrons. The smallest absolute Gasteiger partial charge is 0.332 e. The third-order valence-corrected chi connectivity index (χ3v) is 4.27. The number of hydrogen-bond acceptors (Lipinski definition) is 3. The van der Waals surface area contributed by atoms with Crippen LogP contribution >= 0.6 is 0 Å². The lowest BCUT2D eigenvalue weighted by molar-refractivity contribution is 0.0863. The summed E-state index contributed by atoms with van der Waals surface area (Å²) in [4.78, 5) is 33.5. The van der Waals surface area contributed by atoms with Gasteiger partial charge in [-0.1, -0.05) is 27.5 Å². The maximum Gasteiger partial charge on any atom is 0.332 e. The minimum Gasteiger partial charge on any atom is -0.336 e. The first-order valence-electron chi connectivity index (χ1n) is 20.8. The van der Waals surface area contributed by atoms with E-state index in [0.717, 1.165) is 0 Å². The van der Waals surface area contributed by atoms with Gasteiger partial charge in [0.1, 0.15) is 11.3 Å². The fraction of sp³-hybridized carbons (Fsp3) is 0.773. The molecular formula is C22H34N4O2. The van der Waals surface area contributed by atoms with Crippen LogP contribution in [-0.4, -0.2) is 19.1 Å². The highest BCUT2D eigenvalue weighted by atomic mass is 16.2. The molecule has 2 aliphatic carbocycles. The zero-order valence-electron chi connectivity index (χ0n) is 39.6. The zero-order valence-corrected chi connectivity index (χ0v) is 14.6. The van der Waals surface area contributed by atoms with Gasteiger partial charge in [-0.05, 0) is 62.3 Å². The van der Waals surface area contributed by atoms with E-state index >= 15 is 0 Å². The Balaban J connectivity index is 2.29. The summed E-state index contributed by atoms with van der Waals surface area (Å²) in [5, 5.41) is 0. The van der Waals surface area contributed by atoms with Crippen LogP contribution in [0.15, 0.2) is 9.59 Å². The van der Waals surface area contributed by atoms with Gasteiger partial charge in [-0.3, -0.25) is 13.9 Å². The van der Waals surface area contributed by atoms with E-state index in [0.29, 0.717) is 6.92 Å². The number of aromatic nitrogens is 4. The van der Waals surface area contributed by atoms with Crippen molar-refractivity contribution < 1.29 is 34.3 Å². The van der Waals surface area contributed by atoms with E-state index in [1.807, 2.05) is 0 Å². The predicted octanol–water partition coefficient (Wildman–Crippen LogP) is 3.81. The normalized spacial score (nSPS) is 62.1. The molecule has 0 spiro atoms. The van der Waals surface area contributed by atoms with Crippen molar-refractivity contribution in [2.24, 2.45) is 17.7 Å². The molecule has 154 valence electrons. The van der Waals surface area contributed by atoms with E-state index in [-0.39, 0.29) is 9.13 Å². The first-order chi connectivity index (χ1) is 23.1. The number of aromatic amines is 1. The molecule has 2 fully saturated rings. The van der Waals surface area contributed by atoms with E-state index in [4.69, 9.17) is 31.5 Å². The summed E-state index contributed by atoms with van der Waals surface area (Å²) in [7, 11) is 0. The number of rotatable bonds is 5. The number of aryl methyl sites for hydroxylation is 1. The van der Waals surface area contributed by atoms with E-state index in [1.54, 1.807) is 0 Å². The molecule has 0 aromatic carbocycles. The van der Waals surface area contributed by atoms with E-state index < -0.39 is 130 Å². The molecule has 2 saturated carbocycles. The topological polar surface area (TPSA) is 72.7 Å². The van der Waals surface area contributed by atoms with Gasteiger partial charge >= 0.3 is 5.69 Å². The number of nitrogens with zero attached hydrogens (tertiary/aromatic N) is 3. The van der Waals surface area contributed by atoms with Gasteiger partial charge in [-0.2, -0.15) is 0 Å². The standard InChI is InChI=1S/C22H34N4O2/c1-5-7-25-18-17(19(27)26(8-6-2)21(25)28)23-20(24-18)22(4)12-15-9-14(3)10-16(11-15)13-22/h14-16H,5-13H2,1-4H3,(H,23,24)/i1D3,2D3,3D2,5D2,7D2,9D2,10D2,11D2,12D2,13D2,14D,15D,16D. The van der Waals surface area contributed by atoms with Gasteiger partial charge in [0.25, 0.3) is 5.56 Å². The van der Waals surface area contributed by atoms with E-state index in [9.17, 15) is 12.3 Å². The van der Waals surface area contributed by atoms with Gasteiger partial charge in [0.15, 0.2) is 5.65 Å². The summed E-state index contributed by atoms with van der Waals surface area (Å²) in [6.45, 7) is -14.4. The molecule has 0 amide bonds. The highest BCUT2D eigenvalue weighted by Crippen LogP contribution is 2.50. The maximum absolute atomic E-state index is 13.8. The summed E-state index contributed by atoms with van der Waals surface area (Å²) >= 11 is 0. The molecule has 2 bridgehead atoms. The second-order valence-electron chi connectivity index (χ2n) is 6.26. The van der Waals surface area contributed by atoms with E-state index in [1.165, 1.54) is 0 Å².